The van der Waals surface area contributed by atoms with E-state index in [2.05, 4.69) is 5.32 Å². The topological polar surface area (TPSA) is 98.3 Å². The second kappa shape index (κ2) is 5.83. The molecule has 3 N–H and O–H groups in total. The van der Waals surface area contributed by atoms with E-state index in [1.165, 1.54) is 18.2 Å². The molecular formula is C14H13N3O3. The van der Waals surface area contributed by atoms with Crippen molar-refractivity contribution in [3.05, 3.63) is 69.8 Å². The number of nitrogens with one attached hydrogen (secondary N) is 1. The third-order valence-electron chi connectivity index (χ3n) is 2.71. The molecule has 1 amide bonds. The number of benzene rings is 2. The van der Waals surface area contributed by atoms with Gasteiger partial charge in [0.15, 0.2) is 0 Å². The van der Waals surface area contributed by atoms with Crippen LogP contribution in [-0.2, 0) is 6.54 Å². The van der Waals surface area contributed by atoms with Gasteiger partial charge in [-0.05, 0) is 11.6 Å². The number of nitro benzene ring substituents is 1. The Kier molecular flexibility index (Phi) is 3.95. The molecule has 0 fully saturated rings. The smallest absolute Gasteiger partial charge is 0.272 e. The van der Waals surface area contributed by atoms with Crippen molar-refractivity contribution in [1.82, 2.24) is 5.32 Å². The zero-order valence-electron chi connectivity index (χ0n) is 10.6. The fourth-order valence-corrected chi connectivity index (χ4v) is 1.75. The normalized spacial score (nSPS) is 10.0. The number of nitro groups is 1. The molecule has 0 heterocycles. The molecule has 0 spiro atoms. The number of carbonyl (C=O) groups excluding carboxylic acids is 1. The van der Waals surface area contributed by atoms with Gasteiger partial charge in [-0.25, -0.2) is 0 Å². The number of nitrogens with two attached hydrogens (primary N) is 1. The number of non-ortho nitro benzene ring substituents is 1. The number of anilines is 1. The molecule has 0 saturated carbocycles. The van der Waals surface area contributed by atoms with Crippen LogP contribution in [0.3, 0.4) is 0 Å². The lowest BCUT2D eigenvalue weighted by Gasteiger charge is -2.06. The Morgan fingerprint density at radius 3 is 2.55 bits per heavy atom. The van der Waals surface area contributed by atoms with Crippen molar-refractivity contribution in [3.63, 3.8) is 0 Å². The van der Waals surface area contributed by atoms with Crippen LogP contribution in [0.15, 0.2) is 48.5 Å². The first-order valence-electron chi connectivity index (χ1n) is 5.93. The molecule has 0 aliphatic rings. The van der Waals surface area contributed by atoms with Crippen LogP contribution in [0.1, 0.15) is 15.9 Å². The third kappa shape index (κ3) is 3.32. The Hall–Kier alpha value is -2.89. The molecule has 6 nitrogen and oxygen atoms in total. The van der Waals surface area contributed by atoms with Crippen molar-refractivity contribution in [2.75, 3.05) is 5.73 Å². The summed E-state index contributed by atoms with van der Waals surface area (Å²) in [4.78, 5) is 22.1. The SMILES string of the molecule is Nc1cc(C(=O)NCc2ccccc2)cc([N+](=O)[O-])c1. The fourth-order valence-electron chi connectivity index (χ4n) is 1.75. The van der Waals surface area contributed by atoms with Gasteiger partial charge in [0.2, 0.25) is 0 Å². The molecule has 2 aromatic carbocycles. The summed E-state index contributed by atoms with van der Waals surface area (Å²) in [6.07, 6.45) is 0. The first kappa shape index (κ1) is 13.5. The summed E-state index contributed by atoms with van der Waals surface area (Å²) in [7, 11) is 0. The maximum atomic E-state index is 12.0. The van der Waals surface area contributed by atoms with E-state index in [0.717, 1.165) is 5.56 Å². The van der Waals surface area contributed by atoms with Crippen molar-refractivity contribution in [3.8, 4) is 0 Å². The van der Waals surface area contributed by atoms with E-state index in [1.54, 1.807) is 0 Å². The predicted molar refractivity (Wildman–Crippen MR) is 75.1 cm³/mol. The number of carbonyl (C=O) groups is 1. The van der Waals surface area contributed by atoms with Crippen LogP contribution in [0.4, 0.5) is 11.4 Å². The second-order valence-electron chi connectivity index (χ2n) is 4.24. The van der Waals surface area contributed by atoms with Crippen molar-refractivity contribution in [1.29, 1.82) is 0 Å². The minimum absolute atomic E-state index is 0.174. The first-order valence-corrected chi connectivity index (χ1v) is 5.93. The van der Waals surface area contributed by atoms with Crippen LogP contribution >= 0.6 is 0 Å². The van der Waals surface area contributed by atoms with Crippen molar-refractivity contribution in [2.24, 2.45) is 0 Å². The summed E-state index contributed by atoms with van der Waals surface area (Å²) in [5.74, 6) is -0.399. The molecule has 6 heteroatoms. The number of hydrogen-bond donors (Lipinski definition) is 2. The van der Waals surface area contributed by atoms with Gasteiger partial charge in [-0.3, -0.25) is 14.9 Å². The fraction of sp³-hybridized carbons (Fsp3) is 0.0714. The van der Waals surface area contributed by atoms with Gasteiger partial charge in [-0.2, -0.15) is 0 Å². The Labute approximate surface area is 115 Å². The Morgan fingerprint density at radius 1 is 1.20 bits per heavy atom. The van der Waals surface area contributed by atoms with E-state index < -0.39 is 10.8 Å². The van der Waals surface area contributed by atoms with E-state index in [-0.39, 0.29) is 16.9 Å². The number of amides is 1. The Balaban J connectivity index is 2.11. The van der Waals surface area contributed by atoms with Crippen LogP contribution in [0.5, 0.6) is 0 Å². The van der Waals surface area contributed by atoms with Gasteiger partial charge in [-0.15, -0.1) is 0 Å². The minimum atomic E-state index is -0.579. The Morgan fingerprint density at radius 2 is 1.90 bits per heavy atom. The number of hydrogen-bond acceptors (Lipinski definition) is 4. The molecule has 2 aromatic rings. The highest BCUT2D eigenvalue weighted by molar-refractivity contribution is 5.95. The monoisotopic (exact) mass is 271 g/mol. The van der Waals surface area contributed by atoms with E-state index in [0.29, 0.717) is 6.54 Å². The number of nitrogens with zero attached hydrogens (tertiary/aromatic N) is 1. The van der Waals surface area contributed by atoms with E-state index >= 15 is 0 Å². The van der Waals surface area contributed by atoms with Gasteiger partial charge in [0.25, 0.3) is 11.6 Å². The van der Waals surface area contributed by atoms with Crippen molar-refractivity contribution >= 4 is 17.3 Å². The van der Waals surface area contributed by atoms with Crippen LogP contribution in [0.25, 0.3) is 0 Å². The van der Waals surface area contributed by atoms with Crippen molar-refractivity contribution in [2.45, 2.75) is 6.54 Å². The second-order valence-corrected chi connectivity index (χ2v) is 4.24. The average molecular weight is 271 g/mol. The molecule has 0 unspecified atom stereocenters. The summed E-state index contributed by atoms with van der Waals surface area (Å²) in [6.45, 7) is 0.349. The first-order chi connectivity index (χ1) is 9.56. The minimum Gasteiger partial charge on any atom is -0.399 e. The van der Waals surface area contributed by atoms with Gasteiger partial charge in [-0.1, -0.05) is 30.3 Å². The van der Waals surface area contributed by atoms with Crippen LogP contribution in [0.2, 0.25) is 0 Å². The third-order valence-corrected chi connectivity index (χ3v) is 2.71. The zero-order chi connectivity index (χ0) is 14.5. The maximum Gasteiger partial charge on any atom is 0.272 e. The van der Waals surface area contributed by atoms with Crippen LogP contribution in [-0.4, -0.2) is 10.8 Å². The molecular weight excluding hydrogens is 258 g/mol. The molecule has 102 valence electrons. The number of nitrogen functional groups attached to an aromatic ring is 1. The lowest BCUT2D eigenvalue weighted by molar-refractivity contribution is -0.384. The molecule has 0 atom stereocenters. The van der Waals surface area contributed by atoms with Gasteiger partial charge in [0.1, 0.15) is 0 Å². The summed E-state index contributed by atoms with van der Waals surface area (Å²) >= 11 is 0. The summed E-state index contributed by atoms with van der Waals surface area (Å²) in [5.41, 5.74) is 6.66. The average Bonchev–Trinajstić information content (AvgIpc) is 2.45. The van der Waals surface area contributed by atoms with E-state index in [9.17, 15) is 14.9 Å². The van der Waals surface area contributed by atoms with Crippen LogP contribution in [0, 0.1) is 10.1 Å². The van der Waals surface area contributed by atoms with Crippen molar-refractivity contribution < 1.29 is 9.72 Å². The quantitative estimate of drug-likeness (QED) is 0.505. The lowest BCUT2D eigenvalue weighted by atomic mass is 10.1. The van der Waals surface area contributed by atoms with Gasteiger partial charge >= 0.3 is 0 Å². The molecule has 0 bridgehead atoms. The summed E-state index contributed by atoms with van der Waals surface area (Å²) in [6, 6.07) is 13.2. The lowest BCUT2D eigenvalue weighted by Crippen LogP contribution is -2.23. The van der Waals surface area contributed by atoms with Gasteiger partial charge in [0, 0.05) is 29.9 Å². The molecule has 2 rings (SSSR count). The molecule has 20 heavy (non-hydrogen) atoms. The zero-order valence-corrected chi connectivity index (χ0v) is 10.6. The molecule has 0 aromatic heterocycles. The standard InChI is InChI=1S/C14H13N3O3/c15-12-6-11(7-13(8-12)17(19)20)14(18)16-9-10-4-2-1-3-5-10/h1-8H,9,15H2,(H,16,18). The largest absolute Gasteiger partial charge is 0.399 e. The summed E-state index contributed by atoms with van der Waals surface area (Å²) < 4.78 is 0. The summed E-state index contributed by atoms with van der Waals surface area (Å²) in [5, 5.41) is 13.4. The highest BCUT2D eigenvalue weighted by atomic mass is 16.6. The predicted octanol–water partition coefficient (Wildman–Crippen LogP) is 2.11. The molecule has 0 aliphatic heterocycles. The Bertz CT molecular complexity index is 641. The number of rotatable bonds is 4. The molecule has 0 radical (unpaired) electrons. The van der Waals surface area contributed by atoms with Gasteiger partial charge in [0.05, 0.1) is 4.92 Å². The van der Waals surface area contributed by atoms with Gasteiger partial charge < -0.3 is 11.1 Å². The van der Waals surface area contributed by atoms with E-state index in [1.807, 2.05) is 30.3 Å². The molecule has 0 saturated heterocycles. The maximum absolute atomic E-state index is 12.0. The highest BCUT2D eigenvalue weighted by Gasteiger charge is 2.13. The van der Waals surface area contributed by atoms with Crippen LogP contribution < -0.4 is 11.1 Å². The highest BCUT2D eigenvalue weighted by Crippen LogP contribution is 2.18. The molecule has 0 aliphatic carbocycles. The van der Waals surface area contributed by atoms with E-state index in [4.69, 9.17) is 5.73 Å².